The van der Waals surface area contributed by atoms with Crippen LogP contribution in [0.25, 0.3) is 0 Å². The van der Waals surface area contributed by atoms with Crippen molar-refractivity contribution in [2.45, 2.75) is 58.3 Å². The molecule has 2 rings (SSSR count). The number of nitrogens with two attached hydrogens (primary N) is 1. The van der Waals surface area contributed by atoms with Gasteiger partial charge in [-0.1, -0.05) is 26.2 Å². The van der Waals surface area contributed by atoms with Gasteiger partial charge in [-0.05, 0) is 43.6 Å². The molecule has 0 aromatic rings. The van der Waals surface area contributed by atoms with Gasteiger partial charge in [-0.2, -0.15) is 0 Å². The van der Waals surface area contributed by atoms with Crippen LogP contribution < -0.4 is 5.73 Å². The molecule has 0 aromatic carbocycles. The van der Waals surface area contributed by atoms with Crippen molar-refractivity contribution in [2.75, 3.05) is 6.54 Å². The molecule has 0 bridgehead atoms. The summed E-state index contributed by atoms with van der Waals surface area (Å²) in [6.45, 7) is 2.99. The van der Waals surface area contributed by atoms with Crippen molar-refractivity contribution in [1.82, 2.24) is 0 Å². The van der Waals surface area contributed by atoms with Crippen LogP contribution in [-0.2, 0) is 4.79 Å². The zero-order valence-corrected chi connectivity index (χ0v) is 10.5. The predicted molar refractivity (Wildman–Crippen MR) is 66.1 cm³/mol. The molecule has 0 saturated heterocycles. The number of ketones is 1. The summed E-state index contributed by atoms with van der Waals surface area (Å²) in [5.41, 5.74) is 6.03. The van der Waals surface area contributed by atoms with E-state index in [4.69, 9.17) is 5.73 Å². The van der Waals surface area contributed by atoms with Gasteiger partial charge in [-0.15, -0.1) is 0 Å². The number of carbonyl (C=O) groups excluding carboxylic acids is 1. The van der Waals surface area contributed by atoms with Crippen molar-refractivity contribution in [3.63, 3.8) is 0 Å². The third-order valence-corrected chi connectivity index (χ3v) is 4.79. The van der Waals surface area contributed by atoms with Crippen molar-refractivity contribution in [3.05, 3.63) is 0 Å². The van der Waals surface area contributed by atoms with Crippen LogP contribution in [0.3, 0.4) is 0 Å². The van der Waals surface area contributed by atoms with Crippen LogP contribution >= 0.6 is 0 Å². The van der Waals surface area contributed by atoms with Gasteiger partial charge in [0.15, 0.2) is 0 Å². The number of rotatable bonds is 4. The Bertz CT molecular complexity index is 252. The Hall–Kier alpha value is -0.370. The third-order valence-electron chi connectivity index (χ3n) is 4.79. The summed E-state index contributed by atoms with van der Waals surface area (Å²) < 4.78 is 0. The van der Waals surface area contributed by atoms with Crippen molar-refractivity contribution in [2.24, 2.45) is 23.0 Å². The van der Waals surface area contributed by atoms with E-state index in [1.807, 2.05) is 0 Å². The second-order valence-electron chi connectivity index (χ2n) is 6.17. The standard InChI is InChI=1S/C14H25NO/c1-11-4-2-5-12(8-11)13(16)9-14(10-15)6-3-7-14/h11-12H,2-10,15H2,1H3. The van der Waals surface area contributed by atoms with E-state index < -0.39 is 0 Å². The average Bonchev–Trinajstić information content (AvgIpc) is 2.23. The van der Waals surface area contributed by atoms with Crippen LogP contribution in [0.1, 0.15) is 58.3 Å². The van der Waals surface area contributed by atoms with E-state index in [9.17, 15) is 4.79 Å². The zero-order chi connectivity index (χ0) is 11.6. The molecule has 0 amide bonds. The van der Waals surface area contributed by atoms with Crippen molar-refractivity contribution >= 4 is 5.78 Å². The first-order valence-electron chi connectivity index (χ1n) is 6.88. The Morgan fingerprint density at radius 1 is 1.31 bits per heavy atom. The summed E-state index contributed by atoms with van der Waals surface area (Å²) >= 11 is 0. The van der Waals surface area contributed by atoms with Gasteiger partial charge in [-0.25, -0.2) is 0 Å². The predicted octanol–water partition coefficient (Wildman–Crippen LogP) is 2.90. The van der Waals surface area contributed by atoms with Crippen LogP contribution in [-0.4, -0.2) is 12.3 Å². The van der Waals surface area contributed by atoms with Gasteiger partial charge in [0.05, 0.1) is 0 Å². The van der Waals surface area contributed by atoms with E-state index in [1.54, 1.807) is 0 Å². The maximum atomic E-state index is 12.3. The van der Waals surface area contributed by atoms with E-state index >= 15 is 0 Å². The van der Waals surface area contributed by atoms with E-state index in [0.717, 1.165) is 25.2 Å². The highest BCUT2D eigenvalue weighted by Gasteiger charge is 2.39. The van der Waals surface area contributed by atoms with E-state index in [0.29, 0.717) is 18.2 Å². The fourth-order valence-electron chi connectivity index (χ4n) is 3.37. The second-order valence-corrected chi connectivity index (χ2v) is 6.17. The Balaban J connectivity index is 1.87. The SMILES string of the molecule is CC1CCCC(C(=O)CC2(CN)CCC2)C1. The van der Waals surface area contributed by atoms with Crippen molar-refractivity contribution in [3.8, 4) is 0 Å². The van der Waals surface area contributed by atoms with Crippen LogP contribution in [0.15, 0.2) is 0 Å². The quantitative estimate of drug-likeness (QED) is 0.796. The topological polar surface area (TPSA) is 43.1 Å². The molecular weight excluding hydrogens is 198 g/mol. The Morgan fingerprint density at radius 3 is 2.56 bits per heavy atom. The molecule has 2 atom stereocenters. The molecule has 2 nitrogen and oxygen atoms in total. The molecule has 2 N–H and O–H groups in total. The molecule has 2 unspecified atom stereocenters. The monoisotopic (exact) mass is 223 g/mol. The summed E-state index contributed by atoms with van der Waals surface area (Å²) in [6, 6.07) is 0. The number of hydrogen-bond acceptors (Lipinski definition) is 2. The molecule has 0 aromatic heterocycles. The number of carbonyl (C=O) groups is 1. The molecule has 0 aliphatic heterocycles. The molecule has 92 valence electrons. The summed E-state index contributed by atoms with van der Waals surface area (Å²) in [6.07, 6.45) is 9.20. The molecule has 2 aliphatic rings. The fraction of sp³-hybridized carbons (Fsp3) is 0.929. The lowest BCUT2D eigenvalue weighted by Crippen LogP contribution is -2.40. The first-order valence-corrected chi connectivity index (χ1v) is 6.88. The molecule has 2 saturated carbocycles. The molecule has 2 heteroatoms. The smallest absolute Gasteiger partial charge is 0.136 e. The van der Waals surface area contributed by atoms with E-state index in [2.05, 4.69) is 6.92 Å². The van der Waals surface area contributed by atoms with Crippen LogP contribution in [0, 0.1) is 17.3 Å². The first kappa shape index (κ1) is 12.1. The van der Waals surface area contributed by atoms with Crippen molar-refractivity contribution in [1.29, 1.82) is 0 Å². The van der Waals surface area contributed by atoms with Gasteiger partial charge in [0.2, 0.25) is 0 Å². The van der Waals surface area contributed by atoms with Crippen LogP contribution in [0.4, 0.5) is 0 Å². The Kier molecular flexibility index (Phi) is 3.68. The first-order chi connectivity index (χ1) is 7.65. The second kappa shape index (κ2) is 4.87. The molecular formula is C14H25NO. The third kappa shape index (κ3) is 2.48. The van der Waals surface area contributed by atoms with Gasteiger partial charge >= 0.3 is 0 Å². The van der Waals surface area contributed by atoms with E-state index in [1.165, 1.54) is 32.1 Å². The molecule has 0 spiro atoms. The summed E-state index contributed by atoms with van der Waals surface area (Å²) in [5.74, 6) is 1.61. The molecule has 0 heterocycles. The van der Waals surface area contributed by atoms with Crippen molar-refractivity contribution < 1.29 is 4.79 Å². The zero-order valence-electron chi connectivity index (χ0n) is 10.5. The maximum absolute atomic E-state index is 12.3. The highest BCUT2D eigenvalue weighted by molar-refractivity contribution is 5.81. The van der Waals surface area contributed by atoms with Gasteiger partial charge in [0.25, 0.3) is 0 Å². The van der Waals surface area contributed by atoms with Gasteiger partial charge < -0.3 is 5.73 Å². The summed E-state index contributed by atoms with van der Waals surface area (Å²) in [7, 11) is 0. The molecule has 16 heavy (non-hydrogen) atoms. The summed E-state index contributed by atoms with van der Waals surface area (Å²) in [5, 5.41) is 0. The number of Topliss-reactive ketones (excluding diaryl/α,β-unsaturated/α-hetero) is 1. The minimum Gasteiger partial charge on any atom is -0.330 e. The fourth-order valence-corrected chi connectivity index (χ4v) is 3.37. The normalized spacial score (nSPS) is 33.1. The molecule has 2 fully saturated rings. The molecule has 2 aliphatic carbocycles. The lowest BCUT2D eigenvalue weighted by molar-refractivity contribution is -0.127. The van der Waals surface area contributed by atoms with Crippen LogP contribution in [0.2, 0.25) is 0 Å². The van der Waals surface area contributed by atoms with Crippen LogP contribution in [0.5, 0.6) is 0 Å². The van der Waals surface area contributed by atoms with E-state index in [-0.39, 0.29) is 5.41 Å². The van der Waals surface area contributed by atoms with Gasteiger partial charge in [0, 0.05) is 12.3 Å². The lowest BCUT2D eigenvalue weighted by Gasteiger charge is -2.41. The van der Waals surface area contributed by atoms with Gasteiger partial charge in [-0.3, -0.25) is 4.79 Å². The van der Waals surface area contributed by atoms with Gasteiger partial charge in [0.1, 0.15) is 5.78 Å². The number of hydrogen-bond donors (Lipinski definition) is 1. The Morgan fingerprint density at radius 2 is 2.06 bits per heavy atom. The maximum Gasteiger partial charge on any atom is 0.136 e. The average molecular weight is 223 g/mol. The summed E-state index contributed by atoms with van der Waals surface area (Å²) in [4.78, 5) is 12.3. The minimum absolute atomic E-state index is 0.206. The highest BCUT2D eigenvalue weighted by Crippen LogP contribution is 2.44. The lowest BCUT2D eigenvalue weighted by atomic mass is 9.64. The largest absolute Gasteiger partial charge is 0.330 e. The Labute approximate surface area is 99.0 Å². The minimum atomic E-state index is 0.206. The molecule has 0 radical (unpaired) electrons. The highest BCUT2D eigenvalue weighted by atomic mass is 16.1.